The summed E-state index contributed by atoms with van der Waals surface area (Å²) in [6.07, 6.45) is 4.77. The van der Waals surface area contributed by atoms with Gasteiger partial charge in [-0.05, 0) is 31.5 Å². The van der Waals surface area contributed by atoms with Crippen molar-refractivity contribution >= 4 is 5.97 Å². The van der Waals surface area contributed by atoms with Crippen LogP contribution in [0.2, 0.25) is 0 Å². The quantitative estimate of drug-likeness (QED) is 0.733. The van der Waals surface area contributed by atoms with Crippen LogP contribution in [0.1, 0.15) is 25.0 Å². The summed E-state index contributed by atoms with van der Waals surface area (Å²) >= 11 is 0. The number of hydrogen-bond acceptors (Lipinski definition) is 4. The van der Waals surface area contributed by atoms with E-state index in [0.29, 0.717) is 6.54 Å². The van der Waals surface area contributed by atoms with Crippen molar-refractivity contribution in [2.45, 2.75) is 31.8 Å². The Bertz CT molecular complexity index is 334. The molecule has 0 spiro atoms. The number of nitrogens with zero attached hydrogens (tertiary/aromatic N) is 1. The van der Waals surface area contributed by atoms with Crippen molar-refractivity contribution < 1.29 is 13.9 Å². The number of likely N-dealkylation sites (tertiary alicyclic amines) is 1. The topological polar surface area (TPSA) is 42.7 Å². The van der Waals surface area contributed by atoms with Crippen molar-refractivity contribution in [3.8, 4) is 0 Å². The summed E-state index contributed by atoms with van der Waals surface area (Å²) in [5.41, 5.74) is 0. The summed E-state index contributed by atoms with van der Waals surface area (Å²) in [7, 11) is 1.45. The predicted molar refractivity (Wildman–Crippen MR) is 58.8 cm³/mol. The van der Waals surface area contributed by atoms with Gasteiger partial charge in [0, 0.05) is 0 Å². The van der Waals surface area contributed by atoms with E-state index >= 15 is 0 Å². The fourth-order valence-corrected chi connectivity index (χ4v) is 2.19. The predicted octanol–water partition coefficient (Wildman–Crippen LogP) is 1.81. The molecule has 0 saturated carbocycles. The average Bonchev–Trinajstić information content (AvgIpc) is 2.82. The number of carbonyl (C=O) groups is 1. The molecule has 1 aromatic heterocycles. The number of hydrogen-bond donors (Lipinski definition) is 0. The molecule has 2 heterocycles. The molecule has 1 saturated heterocycles. The van der Waals surface area contributed by atoms with Crippen LogP contribution in [-0.4, -0.2) is 30.6 Å². The minimum Gasteiger partial charge on any atom is -0.468 e. The first-order chi connectivity index (χ1) is 7.81. The van der Waals surface area contributed by atoms with Crippen LogP contribution in [0.15, 0.2) is 22.8 Å². The largest absolute Gasteiger partial charge is 0.468 e. The molecule has 1 fully saturated rings. The van der Waals surface area contributed by atoms with Crippen LogP contribution in [0, 0.1) is 0 Å². The molecule has 2 rings (SSSR count). The highest BCUT2D eigenvalue weighted by molar-refractivity contribution is 5.75. The fourth-order valence-electron chi connectivity index (χ4n) is 2.19. The van der Waals surface area contributed by atoms with Crippen molar-refractivity contribution in [2.75, 3.05) is 13.7 Å². The SMILES string of the molecule is COC(=O)C1CCCCN1Cc1ccco1. The van der Waals surface area contributed by atoms with E-state index in [4.69, 9.17) is 9.15 Å². The highest BCUT2D eigenvalue weighted by Crippen LogP contribution is 2.20. The van der Waals surface area contributed by atoms with Gasteiger partial charge in [0.05, 0.1) is 19.9 Å². The normalized spacial score (nSPS) is 21.9. The molecule has 0 bridgehead atoms. The molecular weight excluding hydrogens is 206 g/mol. The Labute approximate surface area is 95.2 Å². The van der Waals surface area contributed by atoms with Crippen LogP contribution in [0.5, 0.6) is 0 Å². The van der Waals surface area contributed by atoms with E-state index in [1.807, 2.05) is 12.1 Å². The number of carbonyl (C=O) groups excluding carboxylic acids is 1. The van der Waals surface area contributed by atoms with Gasteiger partial charge in [-0.15, -0.1) is 0 Å². The standard InChI is InChI=1S/C12H17NO3/c1-15-12(14)11-6-2-3-7-13(11)9-10-5-4-8-16-10/h4-5,8,11H,2-3,6-7,9H2,1H3. The molecule has 1 aliphatic heterocycles. The summed E-state index contributed by atoms with van der Waals surface area (Å²) in [5.74, 6) is 0.766. The van der Waals surface area contributed by atoms with Gasteiger partial charge in [0.15, 0.2) is 0 Å². The zero-order chi connectivity index (χ0) is 11.4. The lowest BCUT2D eigenvalue weighted by atomic mass is 10.0. The maximum atomic E-state index is 11.6. The highest BCUT2D eigenvalue weighted by atomic mass is 16.5. The molecule has 0 aromatic carbocycles. The van der Waals surface area contributed by atoms with Gasteiger partial charge in [-0.25, -0.2) is 0 Å². The second kappa shape index (κ2) is 5.16. The second-order valence-corrected chi connectivity index (χ2v) is 4.08. The third-order valence-corrected chi connectivity index (χ3v) is 3.03. The fraction of sp³-hybridized carbons (Fsp3) is 0.583. The van der Waals surface area contributed by atoms with E-state index in [2.05, 4.69) is 4.90 Å². The van der Waals surface area contributed by atoms with Gasteiger partial charge in [0.2, 0.25) is 0 Å². The summed E-state index contributed by atoms with van der Waals surface area (Å²) < 4.78 is 10.1. The number of piperidine rings is 1. The molecule has 88 valence electrons. The lowest BCUT2D eigenvalue weighted by molar-refractivity contribution is -0.148. The van der Waals surface area contributed by atoms with Crippen LogP contribution >= 0.6 is 0 Å². The van der Waals surface area contributed by atoms with Crippen LogP contribution in [0.4, 0.5) is 0 Å². The summed E-state index contributed by atoms with van der Waals surface area (Å²) in [6.45, 7) is 1.62. The molecule has 4 heteroatoms. The smallest absolute Gasteiger partial charge is 0.323 e. The zero-order valence-electron chi connectivity index (χ0n) is 9.52. The number of ether oxygens (including phenoxy) is 1. The van der Waals surface area contributed by atoms with Gasteiger partial charge in [0.1, 0.15) is 11.8 Å². The summed E-state index contributed by atoms with van der Waals surface area (Å²) in [4.78, 5) is 13.7. The van der Waals surface area contributed by atoms with Gasteiger partial charge in [-0.2, -0.15) is 0 Å². The van der Waals surface area contributed by atoms with Crippen molar-refractivity contribution in [3.05, 3.63) is 24.2 Å². The van der Waals surface area contributed by atoms with Gasteiger partial charge < -0.3 is 9.15 Å². The monoisotopic (exact) mass is 223 g/mol. The molecule has 16 heavy (non-hydrogen) atoms. The minimum absolute atomic E-state index is 0.108. The van der Waals surface area contributed by atoms with Crippen LogP contribution < -0.4 is 0 Å². The summed E-state index contributed by atoms with van der Waals surface area (Å²) in [5, 5.41) is 0. The van der Waals surface area contributed by atoms with Crippen molar-refractivity contribution in [3.63, 3.8) is 0 Å². The number of furan rings is 1. The van der Waals surface area contributed by atoms with Crippen molar-refractivity contribution in [2.24, 2.45) is 0 Å². The molecule has 0 N–H and O–H groups in total. The maximum absolute atomic E-state index is 11.6. The minimum atomic E-state index is -0.133. The van der Waals surface area contributed by atoms with Crippen LogP contribution in [0.3, 0.4) is 0 Å². The molecule has 1 unspecified atom stereocenters. The van der Waals surface area contributed by atoms with Crippen molar-refractivity contribution in [1.82, 2.24) is 4.90 Å². The Hall–Kier alpha value is -1.29. The third-order valence-electron chi connectivity index (χ3n) is 3.03. The molecular formula is C12H17NO3. The molecule has 1 atom stereocenters. The van der Waals surface area contributed by atoms with Gasteiger partial charge in [0.25, 0.3) is 0 Å². The Kier molecular flexibility index (Phi) is 3.62. The van der Waals surface area contributed by atoms with Crippen molar-refractivity contribution in [1.29, 1.82) is 0 Å². The van der Waals surface area contributed by atoms with Gasteiger partial charge in [-0.3, -0.25) is 9.69 Å². The Morgan fingerprint density at radius 2 is 2.50 bits per heavy atom. The lowest BCUT2D eigenvalue weighted by Gasteiger charge is -2.32. The molecule has 4 nitrogen and oxygen atoms in total. The Balaban J connectivity index is 2.02. The number of methoxy groups -OCH3 is 1. The first-order valence-corrected chi connectivity index (χ1v) is 5.65. The van der Waals surface area contributed by atoms with E-state index in [0.717, 1.165) is 31.6 Å². The number of esters is 1. The van der Waals surface area contributed by atoms with Crippen LogP contribution in [0.25, 0.3) is 0 Å². The third kappa shape index (κ3) is 2.44. The van der Waals surface area contributed by atoms with E-state index in [9.17, 15) is 4.79 Å². The zero-order valence-corrected chi connectivity index (χ0v) is 9.52. The Morgan fingerprint density at radius 1 is 1.62 bits per heavy atom. The highest BCUT2D eigenvalue weighted by Gasteiger charge is 2.29. The van der Waals surface area contributed by atoms with Gasteiger partial charge >= 0.3 is 5.97 Å². The first-order valence-electron chi connectivity index (χ1n) is 5.65. The first kappa shape index (κ1) is 11.2. The van der Waals surface area contributed by atoms with E-state index in [-0.39, 0.29) is 12.0 Å². The van der Waals surface area contributed by atoms with E-state index in [1.54, 1.807) is 6.26 Å². The number of rotatable bonds is 3. The summed E-state index contributed by atoms with van der Waals surface area (Å²) in [6, 6.07) is 3.69. The average molecular weight is 223 g/mol. The molecule has 0 radical (unpaired) electrons. The molecule has 0 amide bonds. The van der Waals surface area contributed by atoms with E-state index < -0.39 is 0 Å². The van der Waals surface area contributed by atoms with Gasteiger partial charge in [-0.1, -0.05) is 6.42 Å². The lowest BCUT2D eigenvalue weighted by Crippen LogP contribution is -2.44. The molecule has 0 aliphatic carbocycles. The maximum Gasteiger partial charge on any atom is 0.323 e. The Morgan fingerprint density at radius 3 is 3.19 bits per heavy atom. The second-order valence-electron chi connectivity index (χ2n) is 4.08. The molecule has 1 aromatic rings. The van der Waals surface area contributed by atoms with Crippen LogP contribution in [-0.2, 0) is 16.1 Å². The van der Waals surface area contributed by atoms with E-state index in [1.165, 1.54) is 7.11 Å². The molecule has 1 aliphatic rings.